The van der Waals surface area contributed by atoms with Gasteiger partial charge in [-0.1, -0.05) is 42.8 Å². The van der Waals surface area contributed by atoms with Crippen LogP contribution in [0.1, 0.15) is 46.1 Å². The molecule has 1 aromatic heterocycles. The number of rotatable bonds is 6. The minimum absolute atomic E-state index is 0.0590. The summed E-state index contributed by atoms with van der Waals surface area (Å²) in [5.74, 6) is -1.59. The maximum absolute atomic E-state index is 12.7. The van der Waals surface area contributed by atoms with Gasteiger partial charge in [0.25, 0.3) is 0 Å². The van der Waals surface area contributed by atoms with Crippen molar-refractivity contribution in [3.63, 3.8) is 0 Å². The number of aromatic hydroxyl groups is 1. The van der Waals surface area contributed by atoms with Gasteiger partial charge in [0.1, 0.15) is 5.56 Å². The highest BCUT2D eigenvalue weighted by molar-refractivity contribution is 7.89. The highest BCUT2D eigenvalue weighted by Gasteiger charge is 2.29. The summed E-state index contributed by atoms with van der Waals surface area (Å²) in [6.07, 6.45) is 1.24. The van der Waals surface area contributed by atoms with Crippen LogP contribution in [0.15, 0.2) is 36.4 Å². The molecule has 0 bridgehead atoms. The van der Waals surface area contributed by atoms with E-state index in [4.69, 9.17) is 11.6 Å². The van der Waals surface area contributed by atoms with Crippen molar-refractivity contribution in [2.45, 2.75) is 32.7 Å². The molecule has 0 unspecified atom stereocenters. The third-order valence-corrected chi connectivity index (χ3v) is 8.00. The van der Waals surface area contributed by atoms with Crippen LogP contribution in [0.4, 0.5) is 0 Å². The van der Waals surface area contributed by atoms with Crippen LogP contribution in [0, 0.1) is 0 Å². The summed E-state index contributed by atoms with van der Waals surface area (Å²) in [6.45, 7) is 2.33. The average molecular weight is 475 g/mol. The molecule has 7 nitrogen and oxygen atoms in total. The number of hydrogen-bond acceptors (Lipinski definition) is 5. The van der Waals surface area contributed by atoms with Gasteiger partial charge in [-0.3, -0.25) is 0 Å². The number of carboxylic acids is 1. The second-order valence-corrected chi connectivity index (χ2v) is 10.4. The third kappa shape index (κ3) is 4.18. The van der Waals surface area contributed by atoms with Crippen LogP contribution >= 0.6 is 11.6 Å². The number of sulfonamides is 1. The predicted molar refractivity (Wildman–Crippen MR) is 123 cm³/mol. The van der Waals surface area contributed by atoms with Crippen molar-refractivity contribution in [3.8, 4) is 5.75 Å². The van der Waals surface area contributed by atoms with Crippen molar-refractivity contribution in [2.75, 3.05) is 12.3 Å². The zero-order valence-electron chi connectivity index (χ0n) is 17.5. The van der Waals surface area contributed by atoms with Crippen LogP contribution in [-0.4, -0.2) is 46.2 Å². The Bertz CT molecular complexity index is 1310. The van der Waals surface area contributed by atoms with Gasteiger partial charge in [-0.05, 0) is 41.7 Å². The topological polar surface area (TPSA) is 108 Å². The van der Waals surface area contributed by atoms with E-state index in [9.17, 15) is 23.4 Å². The molecule has 2 N–H and O–H groups in total. The molecular formula is C23H23ClN2O5S. The van der Waals surface area contributed by atoms with Crippen molar-refractivity contribution in [2.24, 2.45) is 0 Å². The molecule has 168 valence electrons. The molecule has 0 fully saturated rings. The monoisotopic (exact) mass is 474 g/mol. The predicted octanol–water partition coefficient (Wildman–Crippen LogP) is 3.98. The number of fused-ring (bicyclic) bond motifs is 3. The molecule has 0 atom stereocenters. The molecule has 2 aromatic carbocycles. The van der Waals surface area contributed by atoms with E-state index >= 15 is 0 Å². The molecule has 1 aliphatic rings. The van der Waals surface area contributed by atoms with E-state index in [1.807, 2.05) is 6.92 Å². The molecule has 32 heavy (non-hydrogen) atoms. The molecule has 0 spiro atoms. The standard InChI is InChI=1S/C23H23ClN2O5S/c1-2-11-32(30,31)26-10-9-15-5-8-17-20(23(28)29)22(27)19(25-21(17)18(15)13-26)12-14-3-6-16(24)7-4-14/h3-8,27H,2,9-13H2,1H3,(H,28,29). The summed E-state index contributed by atoms with van der Waals surface area (Å²) < 4.78 is 26.8. The van der Waals surface area contributed by atoms with Gasteiger partial charge in [-0.2, -0.15) is 4.31 Å². The van der Waals surface area contributed by atoms with E-state index in [2.05, 4.69) is 4.98 Å². The van der Waals surface area contributed by atoms with E-state index in [1.165, 1.54) is 4.31 Å². The van der Waals surface area contributed by atoms with Crippen LogP contribution in [-0.2, 0) is 29.4 Å². The molecule has 0 amide bonds. The third-order valence-electron chi connectivity index (χ3n) is 5.73. The Morgan fingerprint density at radius 2 is 1.91 bits per heavy atom. The number of halogens is 1. The lowest BCUT2D eigenvalue weighted by Gasteiger charge is -2.29. The van der Waals surface area contributed by atoms with E-state index in [1.54, 1.807) is 36.4 Å². The number of carbonyl (C=O) groups is 1. The Kier molecular flexibility index (Phi) is 6.11. The molecule has 1 aliphatic heterocycles. The van der Waals surface area contributed by atoms with Crippen LogP contribution in [0.2, 0.25) is 5.02 Å². The highest BCUT2D eigenvalue weighted by atomic mass is 35.5. The smallest absolute Gasteiger partial charge is 0.340 e. The van der Waals surface area contributed by atoms with Crippen molar-refractivity contribution >= 4 is 38.5 Å². The summed E-state index contributed by atoms with van der Waals surface area (Å²) >= 11 is 5.95. The fourth-order valence-electron chi connectivity index (χ4n) is 4.14. The van der Waals surface area contributed by atoms with Gasteiger partial charge in [0, 0.05) is 29.9 Å². The maximum atomic E-state index is 12.7. The van der Waals surface area contributed by atoms with E-state index < -0.39 is 16.0 Å². The first-order chi connectivity index (χ1) is 15.2. The van der Waals surface area contributed by atoms with Crippen molar-refractivity contribution in [1.82, 2.24) is 9.29 Å². The van der Waals surface area contributed by atoms with Crippen LogP contribution < -0.4 is 0 Å². The first kappa shape index (κ1) is 22.5. The molecule has 0 aliphatic carbocycles. The van der Waals surface area contributed by atoms with Crippen molar-refractivity contribution in [1.29, 1.82) is 0 Å². The molecule has 9 heteroatoms. The van der Waals surface area contributed by atoms with Gasteiger partial charge in [0.15, 0.2) is 5.75 Å². The number of benzene rings is 2. The van der Waals surface area contributed by atoms with Crippen molar-refractivity contribution < 1.29 is 23.4 Å². The molecule has 0 radical (unpaired) electrons. The van der Waals surface area contributed by atoms with Gasteiger partial charge in [0.2, 0.25) is 10.0 Å². The number of aromatic nitrogens is 1. The van der Waals surface area contributed by atoms with Gasteiger partial charge < -0.3 is 10.2 Å². The molecule has 4 rings (SSSR count). The summed E-state index contributed by atoms with van der Waals surface area (Å²) in [7, 11) is -3.41. The lowest BCUT2D eigenvalue weighted by atomic mass is 9.94. The van der Waals surface area contributed by atoms with E-state index in [0.717, 1.165) is 11.1 Å². The molecule has 3 aromatic rings. The second kappa shape index (κ2) is 8.69. The largest absolute Gasteiger partial charge is 0.505 e. The molecule has 0 saturated heterocycles. The Morgan fingerprint density at radius 3 is 2.56 bits per heavy atom. The fraction of sp³-hybridized carbons (Fsp3) is 0.304. The van der Waals surface area contributed by atoms with E-state index in [0.29, 0.717) is 40.9 Å². The van der Waals surface area contributed by atoms with Gasteiger partial charge >= 0.3 is 5.97 Å². The molecule has 0 saturated carbocycles. The van der Waals surface area contributed by atoms with Crippen LogP contribution in [0.25, 0.3) is 10.9 Å². The SMILES string of the molecule is CCCS(=O)(=O)N1CCc2ccc3c(C(=O)O)c(O)c(Cc4ccc(Cl)cc4)nc3c2C1. The van der Waals surface area contributed by atoms with Crippen LogP contribution in [0.3, 0.4) is 0 Å². The fourth-order valence-corrected chi connectivity index (χ4v) is 5.73. The first-order valence-corrected chi connectivity index (χ1v) is 12.3. The normalized spacial score (nSPS) is 14.4. The lowest BCUT2D eigenvalue weighted by Crippen LogP contribution is -2.37. The molecule has 2 heterocycles. The van der Waals surface area contributed by atoms with Crippen LogP contribution in [0.5, 0.6) is 5.75 Å². The Hall–Kier alpha value is -2.68. The summed E-state index contributed by atoms with van der Waals surface area (Å²) in [4.78, 5) is 16.7. The van der Waals surface area contributed by atoms with E-state index in [-0.39, 0.29) is 35.7 Å². The lowest BCUT2D eigenvalue weighted by molar-refractivity contribution is 0.0695. The number of nitrogens with zero attached hydrogens (tertiary/aromatic N) is 2. The Labute approximate surface area is 191 Å². The average Bonchev–Trinajstić information content (AvgIpc) is 2.75. The summed E-state index contributed by atoms with van der Waals surface area (Å²) in [5, 5.41) is 21.4. The summed E-state index contributed by atoms with van der Waals surface area (Å²) in [6, 6.07) is 10.4. The highest BCUT2D eigenvalue weighted by Crippen LogP contribution is 2.35. The Balaban J connectivity index is 1.88. The first-order valence-electron chi connectivity index (χ1n) is 10.3. The van der Waals surface area contributed by atoms with Gasteiger partial charge in [-0.25, -0.2) is 18.2 Å². The quantitative estimate of drug-likeness (QED) is 0.559. The second-order valence-electron chi connectivity index (χ2n) is 7.89. The molecular weight excluding hydrogens is 452 g/mol. The number of aromatic carboxylic acids is 1. The van der Waals surface area contributed by atoms with Crippen molar-refractivity contribution in [3.05, 3.63) is 69.4 Å². The van der Waals surface area contributed by atoms with Gasteiger partial charge in [0.05, 0.1) is 17.0 Å². The number of pyridine rings is 1. The summed E-state index contributed by atoms with van der Waals surface area (Å²) in [5.41, 5.74) is 2.85. The van der Waals surface area contributed by atoms with Gasteiger partial charge in [-0.15, -0.1) is 0 Å². The zero-order chi connectivity index (χ0) is 23.0. The Morgan fingerprint density at radius 1 is 1.19 bits per heavy atom. The minimum Gasteiger partial charge on any atom is -0.505 e. The minimum atomic E-state index is -3.41. The maximum Gasteiger partial charge on any atom is 0.340 e. The number of hydrogen-bond donors (Lipinski definition) is 2. The number of carboxylic acid groups (broad SMARTS) is 1. The zero-order valence-corrected chi connectivity index (χ0v) is 19.1.